The highest BCUT2D eigenvalue weighted by atomic mass is 32.2. The van der Waals surface area contributed by atoms with Gasteiger partial charge in [-0.15, -0.1) is 4.40 Å². The van der Waals surface area contributed by atoms with Crippen molar-refractivity contribution in [2.24, 2.45) is 4.40 Å². The van der Waals surface area contributed by atoms with E-state index in [1.165, 1.54) is 19.1 Å². The molecule has 1 aromatic rings. The molecule has 0 radical (unpaired) electrons. The molecule has 0 spiro atoms. The third-order valence-corrected chi connectivity index (χ3v) is 4.99. The second-order valence-corrected chi connectivity index (χ2v) is 7.24. The Morgan fingerprint density at radius 2 is 2.00 bits per heavy atom. The SMILES string of the molecule is CCCCN1CCCC1=NS(=O)(=O)c1ccc(NC(C)=O)cc1. The number of anilines is 1. The van der Waals surface area contributed by atoms with Crippen molar-refractivity contribution in [2.45, 2.75) is 44.4 Å². The van der Waals surface area contributed by atoms with Crippen molar-refractivity contribution in [3.05, 3.63) is 24.3 Å². The highest BCUT2D eigenvalue weighted by Gasteiger charge is 2.22. The summed E-state index contributed by atoms with van der Waals surface area (Å²) in [6.45, 7) is 5.24. The van der Waals surface area contributed by atoms with Crippen LogP contribution in [0.25, 0.3) is 0 Å². The summed E-state index contributed by atoms with van der Waals surface area (Å²) in [5.74, 6) is 0.461. The van der Waals surface area contributed by atoms with Crippen molar-refractivity contribution >= 4 is 27.5 Å². The molecule has 1 amide bonds. The van der Waals surface area contributed by atoms with E-state index in [4.69, 9.17) is 0 Å². The van der Waals surface area contributed by atoms with Crippen molar-refractivity contribution < 1.29 is 13.2 Å². The zero-order valence-electron chi connectivity index (χ0n) is 13.6. The van der Waals surface area contributed by atoms with Gasteiger partial charge in [0.25, 0.3) is 10.0 Å². The minimum atomic E-state index is -3.71. The molecule has 1 N–H and O–H groups in total. The summed E-state index contributed by atoms with van der Waals surface area (Å²) in [5, 5.41) is 2.61. The molecule has 0 saturated carbocycles. The lowest BCUT2D eigenvalue weighted by atomic mass is 10.3. The van der Waals surface area contributed by atoms with E-state index in [1.807, 2.05) is 0 Å². The zero-order chi connectivity index (χ0) is 16.9. The van der Waals surface area contributed by atoms with Gasteiger partial charge < -0.3 is 10.2 Å². The largest absolute Gasteiger partial charge is 0.359 e. The first-order valence-electron chi connectivity index (χ1n) is 7.89. The van der Waals surface area contributed by atoms with Gasteiger partial charge in [-0.2, -0.15) is 8.42 Å². The standard InChI is InChI=1S/C16H23N3O3S/c1-3-4-11-19-12-5-6-16(19)18-23(21,22)15-9-7-14(8-10-15)17-13(2)20/h7-10H,3-6,11-12H2,1-2H3,(H,17,20). The Morgan fingerprint density at radius 3 is 2.61 bits per heavy atom. The fraction of sp³-hybridized carbons (Fsp3) is 0.500. The number of carbonyl (C=O) groups excluding carboxylic acids is 1. The van der Waals surface area contributed by atoms with E-state index in [9.17, 15) is 13.2 Å². The Labute approximate surface area is 137 Å². The molecule has 7 heteroatoms. The number of nitrogens with zero attached hydrogens (tertiary/aromatic N) is 2. The average Bonchev–Trinajstić information content (AvgIpc) is 2.91. The molecule has 2 rings (SSSR count). The minimum absolute atomic E-state index is 0.140. The van der Waals surface area contributed by atoms with Gasteiger partial charge in [-0.1, -0.05) is 13.3 Å². The van der Waals surface area contributed by atoms with Gasteiger partial charge in [0.2, 0.25) is 5.91 Å². The fourth-order valence-corrected chi connectivity index (χ4v) is 3.58. The van der Waals surface area contributed by atoms with E-state index in [-0.39, 0.29) is 10.8 Å². The number of sulfonamides is 1. The van der Waals surface area contributed by atoms with Gasteiger partial charge in [0, 0.05) is 32.1 Å². The molecule has 0 bridgehead atoms. The van der Waals surface area contributed by atoms with Crippen LogP contribution in [0.15, 0.2) is 33.6 Å². The maximum absolute atomic E-state index is 12.4. The number of rotatable bonds is 6. The number of hydrogen-bond donors (Lipinski definition) is 1. The first-order chi connectivity index (χ1) is 10.9. The molecule has 0 atom stereocenters. The van der Waals surface area contributed by atoms with Crippen LogP contribution < -0.4 is 5.32 Å². The van der Waals surface area contributed by atoms with Gasteiger partial charge in [0.15, 0.2) is 0 Å². The highest BCUT2D eigenvalue weighted by Crippen LogP contribution is 2.20. The molecule has 1 aromatic carbocycles. The van der Waals surface area contributed by atoms with Gasteiger partial charge in [-0.3, -0.25) is 4.79 Å². The van der Waals surface area contributed by atoms with E-state index >= 15 is 0 Å². The normalized spacial score (nSPS) is 16.8. The topological polar surface area (TPSA) is 78.8 Å². The van der Waals surface area contributed by atoms with Crippen LogP contribution in [0, 0.1) is 0 Å². The van der Waals surface area contributed by atoms with Gasteiger partial charge in [-0.25, -0.2) is 0 Å². The molecule has 126 valence electrons. The molecule has 0 aromatic heterocycles. The molecule has 23 heavy (non-hydrogen) atoms. The quantitative estimate of drug-likeness (QED) is 0.865. The van der Waals surface area contributed by atoms with Crippen LogP contribution in [0.5, 0.6) is 0 Å². The number of carbonyl (C=O) groups is 1. The van der Waals surface area contributed by atoms with Crippen LogP contribution in [-0.4, -0.2) is 38.2 Å². The van der Waals surface area contributed by atoms with Crippen LogP contribution in [0.1, 0.15) is 39.5 Å². The van der Waals surface area contributed by atoms with Crippen LogP contribution in [0.3, 0.4) is 0 Å². The monoisotopic (exact) mass is 337 g/mol. The lowest BCUT2D eigenvalue weighted by Crippen LogP contribution is -2.26. The third-order valence-electron chi connectivity index (χ3n) is 3.67. The van der Waals surface area contributed by atoms with Crippen LogP contribution in [-0.2, 0) is 14.8 Å². The molecular formula is C16H23N3O3S. The fourth-order valence-electron chi connectivity index (χ4n) is 2.51. The molecule has 1 aliphatic rings. The van der Waals surface area contributed by atoms with Crippen molar-refractivity contribution in [1.82, 2.24) is 4.90 Å². The van der Waals surface area contributed by atoms with Gasteiger partial charge in [0.05, 0.1) is 4.90 Å². The summed E-state index contributed by atoms with van der Waals surface area (Å²) in [7, 11) is -3.71. The number of hydrogen-bond acceptors (Lipinski definition) is 3. The summed E-state index contributed by atoms with van der Waals surface area (Å²) >= 11 is 0. The number of likely N-dealkylation sites (tertiary alicyclic amines) is 1. The first-order valence-corrected chi connectivity index (χ1v) is 9.33. The third kappa shape index (κ3) is 4.79. The average molecular weight is 337 g/mol. The number of unbranched alkanes of at least 4 members (excludes halogenated alkanes) is 1. The maximum atomic E-state index is 12.4. The molecule has 6 nitrogen and oxygen atoms in total. The first kappa shape index (κ1) is 17.5. The molecule has 1 fully saturated rings. The summed E-state index contributed by atoms with van der Waals surface area (Å²) in [6.07, 6.45) is 3.75. The molecule has 1 heterocycles. The highest BCUT2D eigenvalue weighted by molar-refractivity contribution is 7.90. The molecule has 0 aliphatic carbocycles. The maximum Gasteiger partial charge on any atom is 0.283 e. The van der Waals surface area contributed by atoms with Gasteiger partial charge in [-0.05, 0) is 37.1 Å². The van der Waals surface area contributed by atoms with Crippen LogP contribution in [0.2, 0.25) is 0 Å². The van der Waals surface area contributed by atoms with Gasteiger partial charge >= 0.3 is 0 Å². The molecule has 1 aliphatic heterocycles. The number of amides is 1. The van der Waals surface area contributed by atoms with E-state index < -0.39 is 10.0 Å². The Hall–Kier alpha value is -1.89. The smallest absolute Gasteiger partial charge is 0.283 e. The zero-order valence-corrected chi connectivity index (χ0v) is 14.4. The van der Waals surface area contributed by atoms with E-state index in [0.717, 1.165) is 32.4 Å². The second-order valence-electron chi connectivity index (χ2n) is 5.63. The summed E-state index contributed by atoms with van der Waals surface area (Å²) in [4.78, 5) is 13.2. The molecule has 0 unspecified atom stereocenters. The summed E-state index contributed by atoms with van der Waals surface area (Å²) in [6, 6.07) is 6.07. The van der Waals surface area contributed by atoms with Crippen molar-refractivity contribution in [3.8, 4) is 0 Å². The Kier molecular flexibility index (Phi) is 5.76. The lowest BCUT2D eigenvalue weighted by molar-refractivity contribution is -0.114. The Bertz CT molecular complexity index is 681. The molecule has 1 saturated heterocycles. The van der Waals surface area contributed by atoms with Gasteiger partial charge in [0.1, 0.15) is 5.84 Å². The van der Waals surface area contributed by atoms with Crippen molar-refractivity contribution in [1.29, 1.82) is 0 Å². The predicted octanol–water partition coefficient (Wildman–Crippen LogP) is 2.63. The van der Waals surface area contributed by atoms with Crippen LogP contribution in [0.4, 0.5) is 5.69 Å². The van der Waals surface area contributed by atoms with E-state index in [0.29, 0.717) is 17.9 Å². The van der Waals surface area contributed by atoms with Crippen molar-refractivity contribution in [2.75, 3.05) is 18.4 Å². The van der Waals surface area contributed by atoms with E-state index in [1.54, 1.807) is 12.1 Å². The minimum Gasteiger partial charge on any atom is -0.359 e. The number of benzene rings is 1. The number of amidine groups is 1. The summed E-state index contributed by atoms with van der Waals surface area (Å²) < 4.78 is 28.9. The van der Waals surface area contributed by atoms with Crippen LogP contribution >= 0.6 is 0 Å². The second kappa shape index (κ2) is 7.59. The Balaban J connectivity index is 2.17. The molecular weight excluding hydrogens is 314 g/mol. The van der Waals surface area contributed by atoms with Crippen molar-refractivity contribution in [3.63, 3.8) is 0 Å². The predicted molar refractivity (Wildman–Crippen MR) is 91.1 cm³/mol. The number of nitrogens with one attached hydrogen (secondary N) is 1. The van der Waals surface area contributed by atoms with E-state index in [2.05, 4.69) is 21.5 Å². The summed E-state index contributed by atoms with van der Waals surface area (Å²) in [5.41, 5.74) is 0.564. The lowest BCUT2D eigenvalue weighted by Gasteiger charge is -2.18. The Morgan fingerprint density at radius 1 is 1.30 bits per heavy atom.